The summed E-state index contributed by atoms with van der Waals surface area (Å²) in [5.74, 6) is -0.378. The second-order valence-corrected chi connectivity index (χ2v) is 11.7. The number of piperidine rings is 1. The lowest BCUT2D eigenvalue weighted by Gasteiger charge is -2.46. The summed E-state index contributed by atoms with van der Waals surface area (Å²) in [6.45, 7) is 3.05. The molecule has 0 bridgehead atoms. The summed E-state index contributed by atoms with van der Waals surface area (Å²) >= 11 is 0. The van der Waals surface area contributed by atoms with Crippen LogP contribution in [-0.2, 0) is 23.7 Å². The van der Waals surface area contributed by atoms with Crippen molar-refractivity contribution in [3.05, 3.63) is 70.0 Å². The molecule has 3 amide bonds. The number of rotatable bonds is 5. The van der Waals surface area contributed by atoms with Crippen LogP contribution in [0.5, 0.6) is 0 Å². The average Bonchev–Trinajstić information content (AvgIpc) is 3.76. The number of aryl methyl sites for hydroxylation is 1. The summed E-state index contributed by atoms with van der Waals surface area (Å²) in [5, 5.41) is 0. The Morgan fingerprint density at radius 1 is 0.907 bits per heavy atom. The predicted molar refractivity (Wildman–Crippen MR) is 143 cm³/mol. The lowest BCUT2D eigenvalue weighted by atomic mass is 9.88. The van der Waals surface area contributed by atoms with Crippen LogP contribution in [0.4, 0.5) is 35.5 Å². The van der Waals surface area contributed by atoms with Crippen molar-refractivity contribution >= 4 is 11.9 Å². The Labute approximate surface area is 245 Å². The average molecular weight is 615 g/mol. The van der Waals surface area contributed by atoms with Gasteiger partial charge in [0, 0.05) is 45.3 Å². The van der Waals surface area contributed by atoms with Gasteiger partial charge >= 0.3 is 18.4 Å². The molecule has 2 atom stereocenters. The molecule has 2 unspecified atom stereocenters. The van der Waals surface area contributed by atoms with E-state index in [0.29, 0.717) is 55.2 Å². The van der Waals surface area contributed by atoms with E-state index in [9.17, 15) is 40.3 Å². The zero-order chi connectivity index (χ0) is 31.3. The minimum absolute atomic E-state index is 0.0491. The maximum absolute atomic E-state index is 14.0. The molecule has 1 aliphatic carbocycles. The van der Waals surface area contributed by atoms with Gasteiger partial charge in [-0.25, -0.2) is 9.18 Å². The van der Waals surface area contributed by atoms with Crippen molar-refractivity contribution in [3.63, 3.8) is 0 Å². The highest BCUT2D eigenvalue weighted by Crippen LogP contribution is 2.39. The van der Waals surface area contributed by atoms with Crippen molar-refractivity contribution in [3.8, 4) is 0 Å². The Hall–Kier alpha value is -3.35. The number of hydrogen-bond acceptors (Lipinski definition) is 3. The van der Waals surface area contributed by atoms with Gasteiger partial charge in [0.1, 0.15) is 5.82 Å². The van der Waals surface area contributed by atoms with Crippen molar-refractivity contribution < 1.29 is 40.3 Å². The third-order valence-corrected chi connectivity index (χ3v) is 8.60. The predicted octanol–water partition coefficient (Wildman–Crippen LogP) is 6.24. The molecule has 3 fully saturated rings. The number of likely N-dealkylation sites (tertiary alicyclic amines) is 1. The molecule has 234 valence electrons. The Bertz CT molecular complexity index is 1340. The molecule has 6 nitrogen and oxygen atoms in total. The third-order valence-electron chi connectivity index (χ3n) is 8.60. The normalized spacial score (nSPS) is 22.2. The quantitative estimate of drug-likeness (QED) is 0.375. The summed E-state index contributed by atoms with van der Waals surface area (Å²) in [5.41, 5.74) is -1.91. The lowest BCUT2D eigenvalue weighted by Crippen LogP contribution is -2.57. The molecule has 2 heterocycles. The maximum atomic E-state index is 14.0. The molecular formula is C30H33F7N4O2. The molecule has 43 heavy (non-hydrogen) atoms. The minimum Gasteiger partial charge on any atom is -0.337 e. The highest BCUT2D eigenvalue weighted by atomic mass is 19.4. The smallest absolute Gasteiger partial charge is 0.337 e. The van der Waals surface area contributed by atoms with Gasteiger partial charge in [-0.2, -0.15) is 26.3 Å². The summed E-state index contributed by atoms with van der Waals surface area (Å²) < 4.78 is 94.4. The maximum Gasteiger partial charge on any atom is 0.416 e. The molecular weight excluding hydrogens is 581 g/mol. The molecule has 2 aromatic rings. The second kappa shape index (κ2) is 11.6. The summed E-state index contributed by atoms with van der Waals surface area (Å²) in [4.78, 5) is 33.2. The summed E-state index contributed by atoms with van der Waals surface area (Å²) in [7, 11) is 1.33. The van der Waals surface area contributed by atoms with E-state index < -0.39 is 47.9 Å². The van der Waals surface area contributed by atoms with E-state index in [2.05, 4.69) is 4.90 Å². The lowest BCUT2D eigenvalue weighted by molar-refractivity contribution is -0.143. The molecule has 0 spiro atoms. The highest BCUT2D eigenvalue weighted by molar-refractivity contribution is 5.79. The minimum atomic E-state index is -5.00. The number of benzene rings is 2. The number of amides is 3. The fraction of sp³-hybridized carbons (Fsp3) is 0.533. The Balaban J connectivity index is 1.37. The second-order valence-electron chi connectivity index (χ2n) is 11.7. The molecule has 0 aromatic heterocycles. The van der Waals surface area contributed by atoms with Gasteiger partial charge in [-0.15, -0.1) is 0 Å². The van der Waals surface area contributed by atoms with Gasteiger partial charge in [0.2, 0.25) is 5.91 Å². The number of piperazine rings is 1. The van der Waals surface area contributed by atoms with Crippen molar-refractivity contribution in [2.24, 2.45) is 0 Å². The van der Waals surface area contributed by atoms with Gasteiger partial charge < -0.3 is 14.7 Å². The molecule has 0 N–H and O–H groups in total. The van der Waals surface area contributed by atoms with Crippen molar-refractivity contribution in [2.75, 3.05) is 33.2 Å². The van der Waals surface area contributed by atoms with Gasteiger partial charge in [0.15, 0.2) is 0 Å². The van der Waals surface area contributed by atoms with Crippen LogP contribution in [0, 0.1) is 12.7 Å². The fourth-order valence-electron chi connectivity index (χ4n) is 6.28. The van der Waals surface area contributed by atoms with E-state index in [-0.39, 0.29) is 36.7 Å². The molecule has 2 saturated heterocycles. The first kappa shape index (κ1) is 31.1. The molecule has 5 rings (SSSR count). The van der Waals surface area contributed by atoms with Crippen LogP contribution < -0.4 is 0 Å². The number of carbonyl (C=O) groups is 2. The Morgan fingerprint density at radius 3 is 2.12 bits per heavy atom. The molecule has 0 radical (unpaired) electrons. The van der Waals surface area contributed by atoms with E-state index in [0.717, 1.165) is 17.7 Å². The number of nitrogens with zero attached hydrogens (tertiary/aromatic N) is 4. The van der Waals surface area contributed by atoms with E-state index in [4.69, 9.17) is 0 Å². The molecule has 3 aliphatic rings. The number of carbonyl (C=O) groups excluding carboxylic acids is 2. The first-order valence-electron chi connectivity index (χ1n) is 14.2. The monoisotopic (exact) mass is 614 g/mol. The molecule has 13 heteroatoms. The molecule has 1 saturated carbocycles. The number of hydrogen-bond donors (Lipinski definition) is 0. The van der Waals surface area contributed by atoms with E-state index >= 15 is 0 Å². The van der Waals surface area contributed by atoms with Gasteiger partial charge in [-0.1, -0.05) is 6.07 Å². The first-order chi connectivity index (χ1) is 20.1. The van der Waals surface area contributed by atoms with Crippen molar-refractivity contribution in [2.45, 2.75) is 69.6 Å². The van der Waals surface area contributed by atoms with E-state index in [1.165, 1.54) is 24.1 Å². The van der Waals surface area contributed by atoms with Gasteiger partial charge in [0.25, 0.3) is 0 Å². The SMILES string of the molecule is Cc1cc(F)ccc1C1CC(N2CCN(C3CC3)C(=O)C2)CCN1C(=O)N(C)Cc1cc(C(F)(F)F)cc(C(F)(F)F)c1. The van der Waals surface area contributed by atoms with Crippen LogP contribution >= 0.6 is 0 Å². The molecule has 2 aliphatic heterocycles. The summed E-state index contributed by atoms with van der Waals surface area (Å²) in [6.07, 6.45) is -7.01. The largest absolute Gasteiger partial charge is 0.416 e. The number of urea groups is 1. The van der Waals surface area contributed by atoms with Crippen molar-refractivity contribution in [1.82, 2.24) is 19.6 Å². The van der Waals surface area contributed by atoms with Crippen LogP contribution in [0.2, 0.25) is 0 Å². The standard InChI is InChI=1S/C30H33F7N4O2/c1-18-11-22(31)3-6-25(18)26-15-24(39-9-10-40(23-4-5-23)27(42)17-39)7-8-41(26)28(43)38(2)16-19-12-20(29(32,33)34)14-21(13-19)30(35,36)37/h3,6,11-14,23-24,26H,4-5,7-10,15-17H2,1-2H3. The number of halogens is 7. The van der Waals surface area contributed by atoms with Crippen molar-refractivity contribution in [1.29, 1.82) is 0 Å². The van der Waals surface area contributed by atoms with Crippen LogP contribution in [0.1, 0.15) is 59.5 Å². The summed E-state index contributed by atoms with van der Waals surface area (Å²) in [6, 6.07) is 4.68. The van der Waals surface area contributed by atoms with Gasteiger partial charge in [-0.05, 0) is 79.6 Å². The van der Waals surface area contributed by atoms with Crippen LogP contribution in [0.15, 0.2) is 36.4 Å². The van der Waals surface area contributed by atoms with Gasteiger partial charge in [0.05, 0.1) is 23.7 Å². The van der Waals surface area contributed by atoms with E-state index in [1.54, 1.807) is 13.0 Å². The first-order valence-corrected chi connectivity index (χ1v) is 14.2. The topological polar surface area (TPSA) is 47.1 Å². The Kier molecular flexibility index (Phi) is 8.40. The third kappa shape index (κ3) is 6.91. The van der Waals surface area contributed by atoms with Gasteiger partial charge in [-0.3, -0.25) is 9.69 Å². The Morgan fingerprint density at radius 2 is 1.56 bits per heavy atom. The van der Waals surface area contributed by atoms with Crippen LogP contribution in [0.3, 0.4) is 0 Å². The fourth-order valence-corrected chi connectivity index (χ4v) is 6.28. The molecule has 2 aromatic carbocycles. The zero-order valence-electron chi connectivity index (χ0n) is 23.8. The van der Waals surface area contributed by atoms with Crippen LogP contribution in [-0.4, -0.2) is 76.8 Å². The number of alkyl halides is 6. The zero-order valence-corrected chi connectivity index (χ0v) is 23.8. The highest BCUT2D eigenvalue weighted by Gasteiger charge is 2.42. The van der Waals surface area contributed by atoms with Crippen LogP contribution in [0.25, 0.3) is 0 Å². The van der Waals surface area contributed by atoms with E-state index in [1.807, 2.05) is 4.90 Å².